The summed E-state index contributed by atoms with van der Waals surface area (Å²) in [4.78, 5) is 23.3. The molecule has 0 fully saturated rings. The second-order valence-electron chi connectivity index (χ2n) is 5.31. The molecule has 0 radical (unpaired) electrons. The summed E-state index contributed by atoms with van der Waals surface area (Å²) in [5, 5.41) is 12.0. The number of hydrogen-bond donors (Lipinski definition) is 0. The van der Waals surface area contributed by atoms with Crippen molar-refractivity contribution in [3.8, 4) is 5.75 Å². The van der Waals surface area contributed by atoms with E-state index in [9.17, 15) is 14.9 Å². The van der Waals surface area contributed by atoms with E-state index in [0.717, 1.165) is 0 Å². The molecule has 0 aliphatic carbocycles. The maximum absolute atomic E-state index is 12.4. The maximum Gasteiger partial charge on any atom is 0.365 e. The van der Waals surface area contributed by atoms with E-state index in [1.807, 2.05) is 6.07 Å². The third-order valence-electron chi connectivity index (χ3n) is 4.00. The molecule has 4 rings (SSSR count). The first-order valence-electron chi connectivity index (χ1n) is 7.07. The Balaban J connectivity index is 2.03. The molecule has 0 N–H and O–H groups in total. The second-order valence-corrected chi connectivity index (χ2v) is 5.31. The zero-order chi connectivity index (χ0) is 16.0. The van der Waals surface area contributed by atoms with E-state index in [2.05, 4.69) is 0 Å². The van der Waals surface area contributed by atoms with Crippen LogP contribution in [-0.4, -0.2) is 11.2 Å². The van der Waals surface area contributed by atoms with E-state index < -0.39 is 22.7 Å². The summed E-state index contributed by atoms with van der Waals surface area (Å²) < 4.78 is 10.9. The summed E-state index contributed by atoms with van der Waals surface area (Å²) >= 11 is 0. The van der Waals surface area contributed by atoms with Gasteiger partial charge in [0, 0.05) is 0 Å². The van der Waals surface area contributed by atoms with E-state index in [4.69, 9.17) is 9.15 Å². The highest BCUT2D eigenvalue weighted by molar-refractivity contribution is 5.85. The molecule has 0 spiro atoms. The van der Waals surface area contributed by atoms with Gasteiger partial charge in [-0.05, 0) is 17.7 Å². The summed E-state index contributed by atoms with van der Waals surface area (Å²) in [6.07, 6.45) is -1.35. The Morgan fingerprint density at radius 1 is 1.00 bits per heavy atom. The number of nitro groups is 1. The lowest BCUT2D eigenvalue weighted by atomic mass is 9.92. The van der Waals surface area contributed by atoms with Crippen LogP contribution in [0.3, 0.4) is 0 Å². The van der Waals surface area contributed by atoms with Gasteiger partial charge in [0.25, 0.3) is 0 Å². The number of fused-ring (bicyclic) bond motifs is 3. The second kappa shape index (κ2) is 4.95. The Morgan fingerprint density at radius 3 is 2.43 bits per heavy atom. The molecule has 6 nitrogen and oxygen atoms in total. The maximum atomic E-state index is 12.4. The van der Waals surface area contributed by atoms with E-state index in [-0.39, 0.29) is 11.3 Å². The van der Waals surface area contributed by atoms with E-state index >= 15 is 0 Å². The lowest BCUT2D eigenvalue weighted by molar-refractivity contribution is -0.561. The molecule has 2 atom stereocenters. The average molecular weight is 309 g/mol. The van der Waals surface area contributed by atoms with Gasteiger partial charge in [0.2, 0.25) is 0 Å². The number of nitrogens with zero attached hydrogens (tertiary/aromatic N) is 1. The molecule has 1 aromatic heterocycles. The summed E-state index contributed by atoms with van der Waals surface area (Å²) in [7, 11) is 0. The Hall–Kier alpha value is -3.15. The van der Waals surface area contributed by atoms with Gasteiger partial charge < -0.3 is 9.15 Å². The van der Waals surface area contributed by atoms with Crippen LogP contribution >= 0.6 is 0 Å². The SMILES string of the molecule is O=c1oc2ccccc2c2c1[C@H](c1ccccc1)[C@@H]([N+](=O)[O-])O2. The van der Waals surface area contributed by atoms with Crippen molar-refractivity contribution < 1.29 is 14.1 Å². The van der Waals surface area contributed by atoms with Crippen LogP contribution < -0.4 is 10.4 Å². The normalized spacial score (nSPS) is 19.3. The Bertz CT molecular complexity index is 964. The molecule has 0 amide bonds. The predicted molar refractivity (Wildman–Crippen MR) is 82.2 cm³/mol. The van der Waals surface area contributed by atoms with Crippen molar-refractivity contribution in [1.82, 2.24) is 0 Å². The lowest BCUT2D eigenvalue weighted by Gasteiger charge is -2.11. The highest BCUT2D eigenvalue weighted by atomic mass is 16.7. The third kappa shape index (κ3) is 1.99. The first kappa shape index (κ1) is 13.5. The summed E-state index contributed by atoms with van der Waals surface area (Å²) in [5.41, 5.74) is 0.607. The predicted octanol–water partition coefficient (Wildman–Crippen LogP) is 2.92. The third-order valence-corrected chi connectivity index (χ3v) is 4.00. The number of rotatable bonds is 2. The van der Waals surface area contributed by atoms with Crippen LogP contribution in [0.4, 0.5) is 0 Å². The smallest absolute Gasteiger partial charge is 0.365 e. The summed E-state index contributed by atoms with van der Waals surface area (Å²) in [5.74, 6) is -0.547. The standard InChI is InChI=1S/C17H11NO5/c19-17-14-13(10-6-2-1-3-7-10)16(18(20)21)23-15(14)11-8-4-5-9-12(11)22-17/h1-9,13,16H/t13-,16-/m0/s1. The number of para-hydroxylation sites is 1. The van der Waals surface area contributed by atoms with Crippen LogP contribution in [0, 0.1) is 10.1 Å². The van der Waals surface area contributed by atoms with Crippen molar-refractivity contribution in [2.24, 2.45) is 0 Å². The molecule has 2 heterocycles. The molecule has 1 aliphatic heterocycles. The van der Waals surface area contributed by atoms with Gasteiger partial charge in [0.15, 0.2) is 0 Å². The first-order chi connectivity index (χ1) is 11.2. The van der Waals surface area contributed by atoms with Crippen molar-refractivity contribution in [3.05, 3.63) is 86.3 Å². The van der Waals surface area contributed by atoms with Crippen molar-refractivity contribution in [3.63, 3.8) is 0 Å². The van der Waals surface area contributed by atoms with Gasteiger partial charge in [0.05, 0.1) is 15.9 Å². The van der Waals surface area contributed by atoms with E-state index in [1.165, 1.54) is 0 Å². The van der Waals surface area contributed by atoms with Gasteiger partial charge in [-0.25, -0.2) is 4.79 Å². The molecule has 2 aromatic carbocycles. The van der Waals surface area contributed by atoms with Crippen LogP contribution in [0.1, 0.15) is 17.0 Å². The van der Waals surface area contributed by atoms with E-state index in [0.29, 0.717) is 16.5 Å². The minimum Gasteiger partial charge on any atom is -0.428 e. The highest BCUT2D eigenvalue weighted by Gasteiger charge is 2.47. The first-order valence-corrected chi connectivity index (χ1v) is 7.07. The number of hydrogen-bond acceptors (Lipinski definition) is 5. The van der Waals surface area contributed by atoms with Crippen molar-refractivity contribution in [2.75, 3.05) is 0 Å². The summed E-state index contributed by atoms with van der Waals surface area (Å²) in [6, 6.07) is 15.7. The van der Waals surface area contributed by atoms with Gasteiger partial charge in [-0.2, -0.15) is 0 Å². The summed E-state index contributed by atoms with van der Waals surface area (Å²) in [6.45, 7) is 0. The van der Waals surface area contributed by atoms with Crippen molar-refractivity contribution in [1.29, 1.82) is 0 Å². The van der Waals surface area contributed by atoms with Crippen LogP contribution in [0.25, 0.3) is 11.0 Å². The fourth-order valence-corrected chi connectivity index (χ4v) is 3.02. The molecule has 23 heavy (non-hydrogen) atoms. The fraction of sp³-hybridized carbons (Fsp3) is 0.118. The Kier molecular flexibility index (Phi) is 2.90. The van der Waals surface area contributed by atoms with Gasteiger partial charge in [0.1, 0.15) is 17.3 Å². The van der Waals surface area contributed by atoms with Crippen molar-refractivity contribution >= 4 is 11.0 Å². The van der Waals surface area contributed by atoms with Gasteiger partial charge in [-0.1, -0.05) is 42.5 Å². The topological polar surface area (TPSA) is 82.6 Å². The Labute approximate surface area is 130 Å². The molecule has 0 saturated heterocycles. The van der Waals surface area contributed by atoms with Crippen LogP contribution in [0.5, 0.6) is 5.75 Å². The number of ether oxygens (including phenoxy) is 1. The zero-order valence-electron chi connectivity index (χ0n) is 11.8. The minimum atomic E-state index is -1.35. The lowest BCUT2D eigenvalue weighted by Crippen LogP contribution is -2.29. The van der Waals surface area contributed by atoms with Crippen LogP contribution in [-0.2, 0) is 0 Å². The average Bonchev–Trinajstić information content (AvgIpc) is 2.97. The Morgan fingerprint density at radius 2 is 1.70 bits per heavy atom. The molecule has 0 unspecified atom stereocenters. The van der Waals surface area contributed by atoms with Crippen LogP contribution in [0.2, 0.25) is 0 Å². The molecular formula is C17H11NO5. The van der Waals surface area contributed by atoms with E-state index in [1.54, 1.807) is 48.5 Å². The minimum absolute atomic E-state index is 0.205. The van der Waals surface area contributed by atoms with Gasteiger partial charge in [-0.3, -0.25) is 10.1 Å². The highest BCUT2D eigenvalue weighted by Crippen LogP contribution is 2.44. The van der Waals surface area contributed by atoms with Gasteiger partial charge >= 0.3 is 11.9 Å². The molecular weight excluding hydrogens is 298 g/mol. The monoisotopic (exact) mass is 309 g/mol. The fourth-order valence-electron chi connectivity index (χ4n) is 3.02. The molecule has 6 heteroatoms. The zero-order valence-corrected chi connectivity index (χ0v) is 11.8. The van der Waals surface area contributed by atoms with Crippen LogP contribution in [0.15, 0.2) is 63.8 Å². The molecule has 3 aromatic rings. The molecule has 0 bridgehead atoms. The molecule has 114 valence electrons. The van der Waals surface area contributed by atoms with Crippen molar-refractivity contribution in [2.45, 2.75) is 12.1 Å². The largest absolute Gasteiger partial charge is 0.428 e. The molecule has 1 aliphatic rings. The molecule has 0 saturated carbocycles. The number of benzene rings is 2. The van der Waals surface area contributed by atoms with Gasteiger partial charge in [-0.15, -0.1) is 0 Å². The quantitative estimate of drug-likeness (QED) is 0.413.